The fourth-order valence-electron chi connectivity index (χ4n) is 3.66. The van der Waals surface area contributed by atoms with Crippen LogP contribution < -0.4 is 10.1 Å². The van der Waals surface area contributed by atoms with Gasteiger partial charge in [-0.1, -0.05) is 55.7 Å². The lowest BCUT2D eigenvalue weighted by Crippen LogP contribution is -2.23. The summed E-state index contributed by atoms with van der Waals surface area (Å²) in [7, 11) is 1.71. The van der Waals surface area contributed by atoms with Crippen molar-refractivity contribution < 1.29 is 4.74 Å². The second-order valence-electron chi connectivity index (χ2n) is 6.79. The number of benzene rings is 2. The van der Waals surface area contributed by atoms with Crippen LogP contribution in [0.3, 0.4) is 0 Å². The fraction of sp³-hybridized carbons (Fsp3) is 0.318. The molecule has 1 aromatic heterocycles. The van der Waals surface area contributed by atoms with Gasteiger partial charge in [0.05, 0.1) is 12.8 Å². The van der Waals surface area contributed by atoms with Crippen molar-refractivity contribution in [2.24, 2.45) is 0 Å². The predicted molar refractivity (Wildman–Crippen MR) is 104 cm³/mol. The van der Waals surface area contributed by atoms with Crippen LogP contribution in [0.4, 0.5) is 5.82 Å². The molecule has 25 heavy (non-hydrogen) atoms. The maximum absolute atomic E-state index is 5.43. The van der Waals surface area contributed by atoms with Gasteiger partial charge in [0.15, 0.2) is 0 Å². The molecular formula is C22H24N2O. The van der Waals surface area contributed by atoms with Gasteiger partial charge < -0.3 is 10.1 Å². The van der Waals surface area contributed by atoms with Gasteiger partial charge in [0.2, 0.25) is 0 Å². The molecule has 2 aromatic carbocycles. The maximum Gasteiger partial charge on any atom is 0.134 e. The summed E-state index contributed by atoms with van der Waals surface area (Å²) in [5.74, 6) is 1.84. The quantitative estimate of drug-likeness (QED) is 0.670. The Labute approximate surface area is 149 Å². The zero-order valence-electron chi connectivity index (χ0n) is 14.7. The highest BCUT2D eigenvalue weighted by molar-refractivity contribution is 5.95. The van der Waals surface area contributed by atoms with Crippen LogP contribution in [-0.2, 0) is 0 Å². The number of hydrogen-bond acceptors (Lipinski definition) is 3. The molecule has 128 valence electrons. The third kappa shape index (κ3) is 3.46. The number of anilines is 1. The van der Waals surface area contributed by atoms with Gasteiger partial charge in [-0.3, -0.25) is 0 Å². The Morgan fingerprint density at radius 1 is 0.960 bits per heavy atom. The number of nitrogens with zero attached hydrogens (tertiary/aromatic N) is 1. The summed E-state index contributed by atoms with van der Waals surface area (Å²) in [6, 6.07) is 19.3. The van der Waals surface area contributed by atoms with Gasteiger partial charge in [-0.15, -0.1) is 0 Å². The molecule has 0 amide bonds. The summed E-state index contributed by atoms with van der Waals surface area (Å²) >= 11 is 0. The van der Waals surface area contributed by atoms with Crippen LogP contribution in [0.2, 0.25) is 0 Å². The highest BCUT2D eigenvalue weighted by atomic mass is 16.5. The van der Waals surface area contributed by atoms with Crippen molar-refractivity contribution in [3.05, 3.63) is 54.6 Å². The van der Waals surface area contributed by atoms with Crippen LogP contribution in [0.25, 0.3) is 22.0 Å². The van der Waals surface area contributed by atoms with Gasteiger partial charge in [0.25, 0.3) is 0 Å². The number of aromatic nitrogens is 1. The van der Waals surface area contributed by atoms with Crippen molar-refractivity contribution in [1.82, 2.24) is 4.98 Å². The molecule has 0 radical (unpaired) electrons. The summed E-state index contributed by atoms with van der Waals surface area (Å²) in [5.41, 5.74) is 2.16. The van der Waals surface area contributed by atoms with E-state index in [2.05, 4.69) is 47.8 Å². The van der Waals surface area contributed by atoms with Gasteiger partial charge in [-0.2, -0.15) is 0 Å². The second-order valence-corrected chi connectivity index (χ2v) is 6.79. The van der Waals surface area contributed by atoms with E-state index in [1.807, 2.05) is 12.1 Å². The second kappa shape index (κ2) is 7.14. The Balaban J connectivity index is 1.80. The van der Waals surface area contributed by atoms with E-state index in [1.54, 1.807) is 7.11 Å². The lowest BCUT2D eigenvalue weighted by atomic mass is 9.95. The topological polar surface area (TPSA) is 34.1 Å². The first-order valence-corrected chi connectivity index (χ1v) is 9.14. The molecule has 1 heterocycles. The third-order valence-electron chi connectivity index (χ3n) is 5.06. The van der Waals surface area contributed by atoms with Crippen LogP contribution >= 0.6 is 0 Å². The number of pyridine rings is 1. The Bertz CT molecular complexity index is 855. The van der Waals surface area contributed by atoms with Crippen molar-refractivity contribution in [1.29, 1.82) is 0 Å². The molecule has 0 unspecified atom stereocenters. The van der Waals surface area contributed by atoms with Gasteiger partial charge in [-0.25, -0.2) is 4.98 Å². The summed E-state index contributed by atoms with van der Waals surface area (Å²) in [6.45, 7) is 0. The average Bonchev–Trinajstić information content (AvgIpc) is 2.69. The minimum absolute atomic E-state index is 0.515. The van der Waals surface area contributed by atoms with Crippen molar-refractivity contribution in [2.75, 3.05) is 12.4 Å². The molecule has 1 fully saturated rings. The number of rotatable bonds is 4. The number of ether oxygens (including phenoxy) is 1. The number of fused-ring (bicyclic) bond motifs is 1. The summed E-state index contributed by atoms with van der Waals surface area (Å²) in [4.78, 5) is 4.97. The van der Waals surface area contributed by atoms with Crippen molar-refractivity contribution in [3.8, 4) is 17.0 Å². The first-order valence-electron chi connectivity index (χ1n) is 9.14. The van der Waals surface area contributed by atoms with E-state index in [4.69, 9.17) is 9.72 Å². The summed E-state index contributed by atoms with van der Waals surface area (Å²) in [5, 5.41) is 6.04. The van der Waals surface area contributed by atoms with E-state index >= 15 is 0 Å². The molecule has 0 spiro atoms. The fourth-order valence-corrected chi connectivity index (χ4v) is 3.66. The third-order valence-corrected chi connectivity index (χ3v) is 5.06. The smallest absolute Gasteiger partial charge is 0.134 e. The Morgan fingerprint density at radius 2 is 1.76 bits per heavy atom. The standard InChI is InChI=1S/C22H24N2O/c1-25-19-13-12-17-14-21(16-8-4-2-5-9-16)24-22(20(17)15-19)23-18-10-6-3-7-11-18/h2,4-5,8-9,12-15,18H,3,6-7,10-11H2,1H3,(H,23,24). The van der Waals surface area contributed by atoms with Gasteiger partial charge in [0.1, 0.15) is 11.6 Å². The van der Waals surface area contributed by atoms with Crippen molar-refractivity contribution in [2.45, 2.75) is 38.1 Å². The molecule has 1 saturated carbocycles. The molecule has 1 N–H and O–H groups in total. The van der Waals surface area contributed by atoms with E-state index in [0.717, 1.165) is 28.2 Å². The molecule has 3 heteroatoms. The predicted octanol–water partition coefficient (Wildman–Crippen LogP) is 5.66. The van der Waals surface area contributed by atoms with Crippen LogP contribution in [0.5, 0.6) is 5.75 Å². The molecule has 3 nitrogen and oxygen atoms in total. The lowest BCUT2D eigenvalue weighted by molar-refractivity contribution is 0.415. The normalized spacial score (nSPS) is 15.2. The lowest BCUT2D eigenvalue weighted by Gasteiger charge is -2.24. The van der Waals surface area contributed by atoms with Gasteiger partial charge in [-0.05, 0) is 36.4 Å². The minimum atomic E-state index is 0.515. The molecule has 3 aromatic rings. The van der Waals surface area contributed by atoms with E-state index < -0.39 is 0 Å². The first kappa shape index (κ1) is 15.9. The van der Waals surface area contributed by atoms with E-state index in [-0.39, 0.29) is 0 Å². The number of methoxy groups -OCH3 is 1. The zero-order valence-corrected chi connectivity index (χ0v) is 14.7. The SMILES string of the molecule is COc1ccc2cc(-c3ccccc3)nc(NC3CCCCC3)c2c1. The molecule has 4 rings (SSSR count). The molecule has 0 aliphatic heterocycles. The molecule has 0 bridgehead atoms. The molecule has 0 atom stereocenters. The Hall–Kier alpha value is -2.55. The van der Waals surface area contributed by atoms with Crippen LogP contribution in [0.1, 0.15) is 32.1 Å². The van der Waals surface area contributed by atoms with Gasteiger partial charge >= 0.3 is 0 Å². The maximum atomic E-state index is 5.43. The molecule has 1 aliphatic rings. The van der Waals surface area contributed by atoms with Crippen LogP contribution in [0.15, 0.2) is 54.6 Å². The van der Waals surface area contributed by atoms with E-state index in [0.29, 0.717) is 6.04 Å². The summed E-state index contributed by atoms with van der Waals surface area (Å²) in [6.07, 6.45) is 6.41. The van der Waals surface area contributed by atoms with E-state index in [1.165, 1.54) is 37.5 Å². The molecular weight excluding hydrogens is 308 g/mol. The highest BCUT2D eigenvalue weighted by Gasteiger charge is 2.16. The first-order chi connectivity index (χ1) is 12.3. The Morgan fingerprint density at radius 3 is 2.52 bits per heavy atom. The summed E-state index contributed by atoms with van der Waals surface area (Å²) < 4.78 is 5.43. The van der Waals surface area contributed by atoms with Crippen molar-refractivity contribution >= 4 is 16.6 Å². The van der Waals surface area contributed by atoms with Crippen molar-refractivity contribution in [3.63, 3.8) is 0 Å². The largest absolute Gasteiger partial charge is 0.497 e. The number of nitrogens with one attached hydrogen (secondary N) is 1. The Kier molecular flexibility index (Phi) is 4.55. The minimum Gasteiger partial charge on any atom is -0.497 e. The molecule has 0 saturated heterocycles. The van der Waals surface area contributed by atoms with Gasteiger partial charge in [0, 0.05) is 17.0 Å². The van der Waals surface area contributed by atoms with Crippen LogP contribution in [-0.4, -0.2) is 18.1 Å². The average molecular weight is 332 g/mol. The monoisotopic (exact) mass is 332 g/mol. The van der Waals surface area contributed by atoms with E-state index in [9.17, 15) is 0 Å². The van der Waals surface area contributed by atoms with Crippen LogP contribution in [0, 0.1) is 0 Å². The highest BCUT2D eigenvalue weighted by Crippen LogP contribution is 2.32. The molecule has 1 aliphatic carbocycles. The number of hydrogen-bond donors (Lipinski definition) is 1. The zero-order chi connectivity index (χ0) is 17.1.